The number of nitrogens with zero attached hydrogens (tertiary/aromatic N) is 3. The van der Waals surface area contributed by atoms with Crippen molar-refractivity contribution in [3.63, 3.8) is 0 Å². The van der Waals surface area contributed by atoms with Gasteiger partial charge in [0.05, 0.1) is 6.61 Å². The summed E-state index contributed by atoms with van der Waals surface area (Å²) in [7, 11) is 1.70. The van der Waals surface area contributed by atoms with Crippen LogP contribution in [0.2, 0.25) is 0 Å². The maximum atomic E-state index is 5.60. The maximum absolute atomic E-state index is 5.60. The van der Waals surface area contributed by atoms with E-state index in [0.717, 1.165) is 23.8 Å². The number of aryl methyl sites for hydroxylation is 1. The average molecular weight is 238 g/mol. The number of hydrogen-bond donors (Lipinski definition) is 1. The lowest BCUT2D eigenvalue weighted by molar-refractivity contribution is 0.203. The normalized spacial score (nSPS) is 10.9. The van der Waals surface area contributed by atoms with Gasteiger partial charge < -0.3 is 15.4 Å². The number of anilines is 1. The lowest BCUT2D eigenvalue weighted by Gasteiger charge is -2.26. The van der Waals surface area contributed by atoms with E-state index >= 15 is 0 Å². The Bertz CT molecular complexity index is 354. The molecule has 0 aliphatic rings. The zero-order chi connectivity index (χ0) is 12.8. The topological polar surface area (TPSA) is 64.3 Å². The minimum atomic E-state index is 0.341. The number of hydrogen-bond acceptors (Lipinski definition) is 5. The van der Waals surface area contributed by atoms with Gasteiger partial charge in [0.15, 0.2) is 0 Å². The standard InChI is InChI=1S/C12H22N4O/c1-9(2)16(5-6-17-4)12-14-8-11(7-13)10(3)15-12/h8-9H,5-7,13H2,1-4H3. The van der Waals surface area contributed by atoms with E-state index in [0.29, 0.717) is 19.2 Å². The molecule has 5 nitrogen and oxygen atoms in total. The van der Waals surface area contributed by atoms with E-state index in [4.69, 9.17) is 10.5 Å². The van der Waals surface area contributed by atoms with E-state index in [1.54, 1.807) is 13.3 Å². The van der Waals surface area contributed by atoms with E-state index in [1.807, 2.05) is 6.92 Å². The number of ether oxygens (including phenoxy) is 1. The SMILES string of the molecule is COCCN(c1ncc(CN)c(C)n1)C(C)C. The molecule has 0 saturated carbocycles. The number of aromatic nitrogens is 2. The predicted molar refractivity (Wildman–Crippen MR) is 69.0 cm³/mol. The highest BCUT2D eigenvalue weighted by Crippen LogP contribution is 2.13. The van der Waals surface area contributed by atoms with Crippen molar-refractivity contribution in [2.45, 2.75) is 33.4 Å². The molecule has 0 radical (unpaired) electrons. The van der Waals surface area contributed by atoms with E-state index in [-0.39, 0.29) is 0 Å². The fraction of sp³-hybridized carbons (Fsp3) is 0.667. The predicted octanol–water partition coefficient (Wildman–Crippen LogP) is 1.10. The molecule has 0 saturated heterocycles. The van der Waals surface area contributed by atoms with E-state index in [2.05, 4.69) is 28.7 Å². The summed E-state index contributed by atoms with van der Waals surface area (Å²) in [4.78, 5) is 11.0. The zero-order valence-electron chi connectivity index (χ0n) is 11.1. The Morgan fingerprint density at radius 2 is 2.18 bits per heavy atom. The summed E-state index contributed by atoms with van der Waals surface area (Å²) < 4.78 is 5.10. The second-order valence-corrected chi connectivity index (χ2v) is 4.26. The Balaban J connectivity index is 2.90. The number of methoxy groups -OCH3 is 1. The van der Waals surface area contributed by atoms with Gasteiger partial charge in [-0.1, -0.05) is 0 Å². The van der Waals surface area contributed by atoms with Crippen LogP contribution in [0.3, 0.4) is 0 Å². The number of rotatable bonds is 6. The highest BCUT2D eigenvalue weighted by Gasteiger charge is 2.14. The first kappa shape index (κ1) is 13.9. The third-order valence-electron chi connectivity index (χ3n) is 2.70. The van der Waals surface area contributed by atoms with Gasteiger partial charge in [-0.2, -0.15) is 0 Å². The molecule has 0 aliphatic heterocycles. The van der Waals surface area contributed by atoms with Gasteiger partial charge in [0.25, 0.3) is 0 Å². The molecule has 1 aromatic rings. The molecule has 0 aliphatic carbocycles. The highest BCUT2D eigenvalue weighted by atomic mass is 16.5. The monoisotopic (exact) mass is 238 g/mol. The molecule has 1 aromatic heterocycles. The molecule has 1 heterocycles. The molecule has 1 rings (SSSR count). The minimum absolute atomic E-state index is 0.341. The third-order valence-corrected chi connectivity index (χ3v) is 2.70. The molecule has 0 bridgehead atoms. The van der Waals surface area contributed by atoms with Gasteiger partial charge in [0.2, 0.25) is 5.95 Å². The molecule has 5 heteroatoms. The van der Waals surface area contributed by atoms with Crippen LogP contribution in [0, 0.1) is 6.92 Å². The Kier molecular flexibility index (Phi) is 5.31. The Morgan fingerprint density at radius 1 is 1.47 bits per heavy atom. The average Bonchev–Trinajstić information content (AvgIpc) is 2.29. The Labute approximate surface area is 103 Å². The molecule has 0 atom stereocenters. The summed E-state index contributed by atoms with van der Waals surface area (Å²) >= 11 is 0. The van der Waals surface area contributed by atoms with Crippen LogP contribution >= 0.6 is 0 Å². The minimum Gasteiger partial charge on any atom is -0.383 e. The zero-order valence-corrected chi connectivity index (χ0v) is 11.1. The maximum Gasteiger partial charge on any atom is 0.225 e. The fourth-order valence-corrected chi connectivity index (χ4v) is 1.60. The second-order valence-electron chi connectivity index (χ2n) is 4.26. The molecule has 0 fully saturated rings. The number of nitrogens with two attached hydrogens (primary N) is 1. The Morgan fingerprint density at radius 3 is 2.65 bits per heavy atom. The lowest BCUT2D eigenvalue weighted by Crippen LogP contribution is -2.35. The first-order valence-corrected chi connectivity index (χ1v) is 5.88. The fourth-order valence-electron chi connectivity index (χ4n) is 1.60. The van der Waals surface area contributed by atoms with Gasteiger partial charge in [-0.15, -0.1) is 0 Å². The first-order valence-electron chi connectivity index (χ1n) is 5.88. The van der Waals surface area contributed by atoms with Crippen molar-refractivity contribution in [2.24, 2.45) is 5.73 Å². The van der Waals surface area contributed by atoms with Crippen molar-refractivity contribution in [1.82, 2.24) is 9.97 Å². The van der Waals surface area contributed by atoms with Gasteiger partial charge in [0.1, 0.15) is 0 Å². The van der Waals surface area contributed by atoms with Crippen LogP contribution < -0.4 is 10.6 Å². The van der Waals surface area contributed by atoms with E-state index in [9.17, 15) is 0 Å². The third kappa shape index (κ3) is 3.64. The first-order chi connectivity index (χ1) is 8.10. The van der Waals surface area contributed by atoms with Crippen LogP contribution in [0.25, 0.3) is 0 Å². The van der Waals surface area contributed by atoms with E-state index < -0.39 is 0 Å². The highest BCUT2D eigenvalue weighted by molar-refractivity contribution is 5.33. The summed E-state index contributed by atoms with van der Waals surface area (Å²) in [5.74, 6) is 0.742. The smallest absolute Gasteiger partial charge is 0.225 e. The van der Waals surface area contributed by atoms with Crippen molar-refractivity contribution in [2.75, 3.05) is 25.2 Å². The van der Waals surface area contributed by atoms with Crippen LogP contribution in [0.15, 0.2) is 6.20 Å². The second kappa shape index (κ2) is 6.51. The summed E-state index contributed by atoms with van der Waals surface area (Å²) in [6, 6.07) is 0.341. The molecule has 0 spiro atoms. The Hall–Kier alpha value is -1.20. The van der Waals surface area contributed by atoms with Crippen LogP contribution in [-0.4, -0.2) is 36.3 Å². The van der Waals surface area contributed by atoms with E-state index in [1.165, 1.54) is 0 Å². The molecular formula is C12H22N4O. The summed E-state index contributed by atoms with van der Waals surface area (Å²) in [5.41, 5.74) is 7.54. The molecule has 0 amide bonds. The summed E-state index contributed by atoms with van der Waals surface area (Å²) in [6.45, 7) is 8.12. The molecular weight excluding hydrogens is 216 g/mol. The van der Waals surface area contributed by atoms with Crippen LogP contribution in [0.1, 0.15) is 25.1 Å². The summed E-state index contributed by atoms with van der Waals surface area (Å²) in [5, 5.41) is 0. The molecule has 17 heavy (non-hydrogen) atoms. The van der Waals surface area contributed by atoms with Gasteiger partial charge in [-0.3, -0.25) is 0 Å². The quantitative estimate of drug-likeness (QED) is 0.804. The van der Waals surface area contributed by atoms with Crippen LogP contribution in [0.5, 0.6) is 0 Å². The van der Waals surface area contributed by atoms with Crippen molar-refractivity contribution in [3.05, 3.63) is 17.5 Å². The van der Waals surface area contributed by atoms with Crippen LogP contribution in [0.4, 0.5) is 5.95 Å². The summed E-state index contributed by atoms with van der Waals surface area (Å²) in [6.07, 6.45) is 1.81. The molecule has 2 N–H and O–H groups in total. The van der Waals surface area contributed by atoms with Crippen LogP contribution in [-0.2, 0) is 11.3 Å². The molecule has 0 aromatic carbocycles. The van der Waals surface area contributed by atoms with Gasteiger partial charge >= 0.3 is 0 Å². The molecule has 96 valence electrons. The van der Waals surface area contributed by atoms with Crippen molar-refractivity contribution < 1.29 is 4.74 Å². The molecule has 0 unspecified atom stereocenters. The van der Waals surface area contributed by atoms with Gasteiger partial charge in [-0.05, 0) is 20.8 Å². The van der Waals surface area contributed by atoms with Crippen molar-refractivity contribution >= 4 is 5.95 Å². The van der Waals surface area contributed by atoms with Gasteiger partial charge in [0, 0.05) is 43.7 Å². The van der Waals surface area contributed by atoms with Crippen molar-refractivity contribution in [3.8, 4) is 0 Å². The van der Waals surface area contributed by atoms with Crippen molar-refractivity contribution in [1.29, 1.82) is 0 Å². The lowest BCUT2D eigenvalue weighted by atomic mass is 10.2. The largest absolute Gasteiger partial charge is 0.383 e. The van der Waals surface area contributed by atoms with Gasteiger partial charge in [-0.25, -0.2) is 9.97 Å².